The predicted octanol–water partition coefficient (Wildman–Crippen LogP) is 2.38. The molecule has 0 saturated carbocycles. The maximum Gasteiger partial charge on any atom is 0.238 e. The number of nitrogens with zero attached hydrogens (tertiary/aromatic N) is 1. The Morgan fingerprint density at radius 3 is 2.71 bits per heavy atom. The van der Waals surface area contributed by atoms with E-state index >= 15 is 0 Å². The Morgan fingerprint density at radius 1 is 1.29 bits per heavy atom. The molecule has 0 unspecified atom stereocenters. The Balaban J connectivity index is 2.21. The van der Waals surface area contributed by atoms with Crippen molar-refractivity contribution >= 4 is 15.7 Å². The van der Waals surface area contributed by atoms with Gasteiger partial charge in [-0.15, -0.1) is 0 Å². The van der Waals surface area contributed by atoms with E-state index in [0.29, 0.717) is 24.6 Å². The molecule has 0 amide bonds. The Hall–Kier alpha value is -2.82. The van der Waals surface area contributed by atoms with E-state index in [0.717, 1.165) is 5.56 Å². The van der Waals surface area contributed by atoms with Crippen LogP contribution in [-0.4, -0.2) is 15.0 Å². The zero-order valence-electron chi connectivity index (χ0n) is 12.9. The van der Waals surface area contributed by atoms with Gasteiger partial charge >= 0.3 is 0 Å². The van der Waals surface area contributed by atoms with E-state index in [1.165, 1.54) is 18.2 Å². The first-order chi connectivity index (χ1) is 11.5. The van der Waals surface area contributed by atoms with Gasteiger partial charge in [-0.2, -0.15) is 5.26 Å². The summed E-state index contributed by atoms with van der Waals surface area (Å²) in [6, 6.07) is 13.6. The maximum atomic E-state index is 11.4. The third-order valence-electron chi connectivity index (χ3n) is 3.24. The number of sulfonamides is 1. The smallest absolute Gasteiger partial charge is 0.238 e. The van der Waals surface area contributed by atoms with Gasteiger partial charge in [0.1, 0.15) is 18.4 Å². The summed E-state index contributed by atoms with van der Waals surface area (Å²) in [5.41, 5.74) is 1.62. The fourth-order valence-electron chi connectivity index (χ4n) is 2.08. The third kappa shape index (κ3) is 4.35. The number of anilines is 1. The highest BCUT2D eigenvalue weighted by Gasteiger charge is 2.12. The van der Waals surface area contributed by atoms with Crippen LogP contribution in [0.4, 0.5) is 5.69 Å². The van der Waals surface area contributed by atoms with Crippen LogP contribution in [0.2, 0.25) is 0 Å². The molecule has 7 heteroatoms. The molecule has 0 aliphatic heterocycles. The molecule has 124 valence electrons. The van der Waals surface area contributed by atoms with E-state index in [2.05, 4.69) is 11.9 Å². The predicted molar refractivity (Wildman–Crippen MR) is 92.0 cm³/mol. The summed E-state index contributed by atoms with van der Waals surface area (Å²) in [4.78, 5) is -0.0979. The molecule has 3 N–H and O–H groups in total. The SMILES string of the molecule is C=CCOc1ccccc1CNc1ccc(S(N)(=O)=O)cc1C#N. The molecule has 0 radical (unpaired) electrons. The second kappa shape index (κ2) is 7.64. The largest absolute Gasteiger partial charge is 0.489 e. The zero-order valence-corrected chi connectivity index (χ0v) is 13.7. The molecule has 0 spiro atoms. The number of nitriles is 1. The lowest BCUT2D eigenvalue weighted by atomic mass is 10.1. The van der Waals surface area contributed by atoms with Crippen LogP contribution >= 0.6 is 0 Å². The van der Waals surface area contributed by atoms with Gasteiger partial charge in [0.25, 0.3) is 0 Å². The van der Waals surface area contributed by atoms with Crippen molar-refractivity contribution in [3.8, 4) is 11.8 Å². The summed E-state index contributed by atoms with van der Waals surface area (Å²) in [7, 11) is -3.84. The maximum absolute atomic E-state index is 11.4. The van der Waals surface area contributed by atoms with Crippen molar-refractivity contribution in [2.75, 3.05) is 11.9 Å². The highest BCUT2D eigenvalue weighted by atomic mass is 32.2. The second-order valence-electron chi connectivity index (χ2n) is 4.93. The van der Waals surface area contributed by atoms with Crippen LogP contribution in [0.3, 0.4) is 0 Å². The highest BCUT2D eigenvalue weighted by molar-refractivity contribution is 7.89. The monoisotopic (exact) mass is 343 g/mol. The van der Waals surface area contributed by atoms with Crippen molar-refractivity contribution in [2.45, 2.75) is 11.4 Å². The average molecular weight is 343 g/mol. The minimum absolute atomic E-state index is 0.0979. The van der Waals surface area contributed by atoms with Crippen LogP contribution in [0, 0.1) is 11.3 Å². The summed E-state index contributed by atoms with van der Waals surface area (Å²) in [5.74, 6) is 0.713. The number of nitrogens with one attached hydrogen (secondary N) is 1. The van der Waals surface area contributed by atoms with Crippen LogP contribution in [0.5, 0.6) is 5.75 Å². The van der Waals surface area contributed by atoms with Crippen molar-refractivity contribution in [3.63, 3.8) is 0 Å². The van der Waals surface area contributed by atoms with Crippen molar-refractivity contribution in [3.05, 3.63) is 66.2 Å². The Labute approximate surface area is 141 Å². The number of hydrogen-bond acceptors (Lipinski definition) is 5. The fraction of sp³-hybridized carbons (Fsp3) is 0.118. The molecule has 0 bridgehead atoms. The topological polar surface area (TPSA) is 105 Å². The van der Waals surface area contributed by atoms with Gasteiger partial charge in [0, 0.05) is 12.1 Å². The Kier molecular flexibility index (Phi) is 5.58. The first-order valence-corrected chi connectivity index (χ1v) is 8.62. The molecule has 0 aromatic heterocycles. The quantitative estimate of drug-likeness (QED) is 0.751. The van der Waals surface area contributed by atoms with Gasteiger partial charge < -0.3 is 10.1 Å². The number of ether oxygens (including phenoxy) is 1. The number of nitrogens with two attached hydrogens (primary N) is 1. The zero-order chi connectivity index (χ0) is 17.6. The average Bonchev–Trinajstić information content (AvgIpc) is 2.57. The van der Waals surface area contributed by atoms with Crippen LogP contribution in [0.1, 0.15) is 11.1 Å². The fourth-order valence-corrected chi connectivity index (χ4v) is 2.62. The summed E-state index contributed by atoms with van der Waals surface area (Å²) in [5, 5.41) is 17.4. The lowest BCUT2D eigenvalue weighted by molar-refractivity contribution is 0.359. The number of primary sulfonamides is 1. The van der Waals surface area contributed by atoms with E-state index in [1.54, 1.807) is 6.08 Å². The van der Waals surface area contributed by atoms with E-state index in [1.807, 2.05) is 30.3 Å². The summed E-state index contributed by atoms with van der Waals surface area (Å²) >= 11 is 0. The highest BCUT2D eigenvalue weighted by Crippen LogP contribution is 2.23. The van der Waals surface area contributed by atoms with Crippen molar-refractivity contribution < 1.29 is 13.2 Å². The molecular weight excluding hydrogens is 326 g/mol. The Bertz CT molecular complexity index is 886. The van der Waals surface area contributed by atoms with Crippen molar-refractivity contribution in [1.82, 2.24) is 0 Å². The molecule has 24 heavy (non-hydrogen) atoms. The van der Waals surface area contributed by atoms with Crippen molar-refractivity contribution in [2.24, 2.45) is 5.14 Å². The van der Waals surface area contributed by atoms with Gasteiger partial charge in [0.2, 0.25) is 10.0 Å². The minimum Gasteiger partial charge on any atom is -0.489 e. The minimum atomic E-state index is -3.84. The molecule has 0 aliphatic rings. The molecule has 2 aromatic carbocycles. The standard InChI is InChI=1S/C17H17N3O3S/c1-2-9-23-17-6-4-3-5-13(17)12-20-16-8-7-15(24(19,21)22)10-14(16)11-18/h2-8,10,20H,1,9,12H2,(H2,19,21,22). The molecule has 6 nitrogen and oxygen atoms in total. The van der Waals surface area contributed by atoms with Crippen LogP contribution in [0.15, 0.2) is 60.0 Å². The normalized spacial score (nSPS) is 10.7. The van der Waals surface area contributed by atoms with Gasteiger partial charge in [0.05, 0.1) is 16.1 Å². The first-order valence-electron chi connectivity index (χ1n) is 7.08. The molecule has 0 saturated heterocycles. The van der Waals surface area contributed by atoms with Gasteiger partial charge in [-0.05, 0) is 24.3 Å². The number of rotatable bonds is 7. The van der Waals surface area contributed by atoms with Gasteiger partial charge in [-0.1, -0.05) is 30.9 Å². The van der Waals surface area contributed by atoms with E-state index in [4.69, 9.17) is 9.88 Å². The van der Waals surface area contributed by atoms with Crippen LogP contribution in [-0.2, 0) is 16.6 Å². The van der Waals surface area contributed by atoms with Crippen LogP contribution in [0.25, 0.3) is 0 Å². The Morgan fingerprint density at radius 2 is 2.04 bits per heavy atom. The van der Waals surface area contributed by atoms with Gasteiger partial charge in [-0.3, -0.25) is 0 Å². The number of para-hydroxylation sites is 1. The van der Waals surface area contributed by atoms with E-state index < -0.39 is 10.0 Å². The molecule has 2 aromatic rings. The molecule has 0 heterocycles. The van der Waals surface area contributed by atoms with E-state index in [9.17, 15) is 13.7 Å². The summed E-state index contributed by atoms with van der Waals surface area (Å²) in [6.07, 6.45) is 1.66. The van der Waals surface area contributed by atoms with E-state index in [-0.39, 0.29) is 10.5 Å². The lowest BCUT2D eigenvalue weighted by Gasteiger charge is -2.13. The molecule has 0 atom stereocenters. The van der Waals surface area contributed by atoms with Gasteiger partial charge in [0.15, 0.2) is 0 Å². The molecular formula is C17H17N3O3S. The third-order valence-corrected chi connectivity index (χ3v) is 4.15. The number of hydrogen-bond donors (Lipinski definition) is 2. The van der Waals surface area contributed by atoms with Gasteiger partial charge in [-0.25, -0.2) is 13.6 Å². The lowest BCUT2D eigenvalue weighted by Crippen LogP contribution is -2.12. The second-order valence-corrected chi connectivity index (χ2v) is 6.49. The summed E-state index contributed by atoms with van der Waals surface area (Å²) in [6.45, 7) is 4.42. The molecule has 0 aliphatic carbocycles. The molecule has 2 rings (SSSR count). The summed E-state index contributed by atoms with van der Waals surface area (Å²) < 4.78 is 28.3. The molecule has 0 fully saturated rings. The number of benzene rings is 2. The van der Waals surface area contributed by atoms with Crippen molar-refractivity contribution in [1.29, 1.82) is 5.26 Å². The first kappa shape index (κ1) is 17.5. The van der Waals surface area contributed by atoms with Crippen LogP contribution < -0.4 is 15.2 Å².